The summed E-state index contributed by atoms with van der Waals surface area (Å²) in [5.41, 5.74) is 5.13. The molecule has 1 amide bonds. The second kappa shape index (κ2) is 24.5. The highest BCUT2D eigenvalue weighted by Crippen LogP contribution is 2.11. The predicted molar refractivity (Wildman–Crippen MR) is 127 cm³/mol. The van der Waals surface area contributed by atoms with Crippen molar-refractivity contribution in [2.45, 2.75) is 117 Å². The molecule has 0 aromatic carbocycles. The molecular weight excluding hydrogens is 368 g/mol. The lowest BCUT2D eigenvalue weighted by molar-refractivity contribution is -0.118. The summed E-state index contributed by atoms with van der Waals surface area (Å²) in [7, 11) is 0. The van der Waals surface area contributed by atoms with Gasteiger partial charge in [0.15, 0.2) is 0 Å². The lowest BCUT2D eigenvalue weighted by atomic mass is 10.1. The number of nitrogens with two attached hydrogens (primary N) is 1. The minimum atomic E-state index is -0.163. The van der Waals surface area contributed by atoms with Crippen LogP contribution in [0.1, 0.15) is 117 Å². The lowest BCUT2D eigenvalue weighted by Crippen LogP contribution is -2.23. The van der Waals surface area contributed by atoms with E-state index in [0.717, 1.165) is 12.8 Å². The molecule has 168 valence electrons. The van der Waals surface area contributed by atoms with Gasteiger partial charge in [0.05, 0.1) is 0 Å². The molecule has 0 rings (SSSR count). The average Bonchev–Trinajstić information content (AvgIpc) is 2.66. The third-order valence-electron chi connectivity index (χ3n) is 5.45. The van der Waals surface area contributed by atoms with Crippen molar-refractivity contribution in [2.24, 2.45) is 5.73 Å². The van der Waals surface area contributed by atoms with E-state index in [1.807, 2.05) is 0 Å². The molecule has 0 aliphatic rings. The largest absolute Gasteiger partial charge is 0.370 e. The highest BCUT2D eigenvalue weighted by atomic mass is 35.5. The first-order valence-corrected chi connectivity index (χ1v) is 11.9. The van der Waals surface area contributed by atoms with Crippen LogP contribution in [0.3, 0.4) is 0 Å². The van der Waals surface area contributed by atoms with Gasteiger partial charge < -0.3 is 10.6 Å². The molecule has 3 nitrogen and oxygen atoms in total. The predicted octanol–water partition coefficient (Wildman–Crippen LogP) is 7.03. The number of amides is 1. The fourth-order valence-electron chi connectivity index (χ4n) is 3.53. The quantitative estimate of drug-likeness (QED) is 0.161. The zero-order valence-electron chi connectivity index (χ0n) is 18.9. The molecule has 0 spiro atoms. The van der Waals surface area contributed by atoms with E-state index in [-0.39, 0.29) is 18.3 Å². The maximum atomic E-state index is 10.6. The lowest BCUT2D eigenvalue weighted by Gasteiger charge is -2.17. The number of carbonyl (C=O) groups excluding carboxylic acids is 1. The fraction of sp³-hybridized carbons (Fsp3) is 0.875. The van der Waals surface area contributed by atoms with Gasteiger partial charge in [-0.3, -0.25) is 4.79 Å². The third kappa shape index (κ3) is 23.5. The Hall–Kier alpha value is -0.540. The van der Waals surface area contributed by atoms with Crippen molar-refractivity contribution in [3.63, 3.8) is 0 Å². The minimum Gasteiger partial charge on any atom is -0.370 e. The number of rotatable bonds is 21. The Balaban J connectivity index is 0. The Labute approximate surface area is 182 Å². The minimum absolute atomic E-state index is 0. The van der Waals surface area contributed by atoms with E-state index in [2.05, 4.69) is 30.9 Å². The topological polar surface area (TPSA) is 46.3 Å². The molecule has 28 heavy (non-hydrogen) atoms. The van der Waals surface area contributed by atoms with E-state index < -0.39 is 0 Å². The third-order valence-corrected chi connectivity index (χ3v) is 5.45. The van der Waals surface area contributed by atoms with E-state index in [0.29, 0.717) is 6.42 Å². The van der Waals surface area contributed by atoms with Crippen LogP contribution in [0.5, 0.6) is 0 Å². The Bertz CT molecular complexity index is 343. The number of allylic oxidation sites excluding steroid dienone is 2. The van der Waals surface area contributed by atoms with Crippen LogP contribution in [0, 0.1) is 0 Å². The Morgan fingerprint density at radius 2 is 1.07 bits per heavy atom. The fourth-order valence-corrected chi connectivity index (χ4v) is 3.53. The SMILES string of the molecule is CCN(CC)CCCCCCCCCC/C=C\CCCCCCCC(N)=O.Cl. The monoisotopic (exact) mass is 416 g/mol. The normalized spacial score (nSPS) is 11.2. The Morgan fingerprint density at radius 3 is 1.50 bits per heavy atom. The first kappa shape index (κ1) is 29.7. The van der Waals surface area contributed by atoms with Gasteiger partial charge >= 0.3 is 0 Å². The Kier molecular flexibility index (Phi) is 25.9. The van der Waals surface area contributed by atoms with Gasteiger partial charge in [0, 0.05) is 6.42 Å². The molecular formula is C24H49ClN2O. The van der Waals surface area contributed by atoms with Crippen LogP contribution in [0.4, 0.5) is 0 Å². The van der Waals surface area contributed by atoms with Crippen molar-refractivity contribution in [1.29, 1.82) is 0 Å². The number of halogens is 1. The van der Waals surface area contributed by atoms with Gasteiger partial charge in [-0.25, -0.2) is 0 Å². The first-order valence-electron chi connectivity index (χ1n) is 11.9. The molecule has 0 saturated heterocycles. The summed E-state index contributed by atoms with van der Waals surface area (Å²) in [5, 5.41) is 0. The number of hydrogen-bond acceptors (Lipinski definition) is 2. The molecule has 0 heterocycles. The standard InChI is InChI=1S/C24H48N2O.ClH/c1-3-26(4-2)23-21-19-17-15-13-11-9-7-5-6-8-10-12-14-16-18-20-22-24(25)27;/h6,8H,3-5,7,9-23H2,1-2H3,(H2,25,27);1H/b8-6-;. The van der Waals surface area contributed by atoms with Gasteiger partial charge in [-0.15, -0.1) is 12.4 Å². The van der Waals surface area contributed by atoms with E-state index in [1.165, 1.54) is 103 Å². The van der Waals surface area contributed by atoms with Crippen LogP contribution in [0.15, 0.2) is 12.2 Å². The van der Waals surface area contributed by atoms with Crippen molar-refractivity contribution >= 4 is 18.3 Å². The van der Waals surface area contributed by atoms with Gasteiger partial charge in [-0.05, 0) is 58.2 Å². The summed E-state index contributed by atoms with van der Waals surface area (Å²) in [6, 6.07) is 0. The summed E-state index contributed by atoms with van der Waals surface area (Å²) < 4.78 is 0. The molecule has 4 heteroatoms. The molecule has 0 aliphatic heterocycles. The molecule has 0 saturated carbocycles. The molecule has 0 aliphatic carbocycles. The van der Waals surface area contributed by atoms with Crippen LogP contribution in [0.25, 0.3) is 0 Å². The number of carbonyl (C=O) groups is 1. The number of nitrogens with zero attached hydrogens (tertiary/aromatic N) is 1. The van der Waals surface area contributed by atoms with Gasteiger partial charge in [-0.1, -0.05) is 83.8 Å². The van der Waals surface area contributed by atoms with Gasteiger partial charge in [0.2, 0.25) is 5.91 Å². The zero-order chi connectivity index (χ0) is 20.0. The molecule has 0 aromatic heterocycles. The van der Waals surface area contributed by atoms with Crippen LogP contribution in [-0.2, 0) is 4.79 Å². The van der Waals surface area contributed by atoms with Gasteiger partial charge in [0.25, 0.3) is 0 Å². The van der Waals surface area contributed by atoms with E-state index in [4.69, 9.17) is 5.73 Å². The Morgan fingerprint density at radius 1 is 0.679 bits per heavy atom. The second-order valence-corrected chi connectivity index (χ2v) is 7.89. The van der Waals surface area contributed by atoms with Crippen molar-refractivity contribution in [3.8, 4) is 0 Å². The van der Waals surface area contributed by atoms with Crippen LogP contribution in [0.2, 0.25) is 0 Å². The van der Waals surface area contributed by atoms with Crippen molar-refractivity contribution in [2.75, 3.05) is 19.6 Å². The van der Waals surface area contributed by atoms with Crippen LogP contribution < -0.4 is 5.73 Å². The molecule has 0 fully saturated rings. The van der Waals surface area contributed by atoms with E-state index in [9.17, 15) is 4.79 Å². The number of primary amides is 1. The van der Waals surface area contributed by atoms with Gasteiger partial charge in [0.1, 0.15) is 0 Å². The molecule has 0 atom stereocenters. The summed E-state index contributed by atoms with van der Waals surface area (Å²) in [6.07, 6.45) is 24.8. The summed E-state index contributed by atoms with van der Waals surface area (Å²) in [6.45, 7) is 8.20. The summed E-state index contributed by atoms with van der Waals surface area (Å²) >= 11 is 0. The zero-order valence-corrected chi connectivity index (χ0v) is 19.7. The summed E-state index contributed by atoms with van der Waals surface area (Å²) in [4.78, 5) is 13.2. The van der Waals surface area contributed by atoms with Crippen LogP contribution >= 0.6 is 12.4 Å². The average molecular weight is 417 g/mol. The number of hydrogen-bond donors (Lipinski definition) is 1. The highest BCUT2D eigenvalue weighted by Gasteiger charge is 1.98. The van der Waals surface area contributed by atoms with Crippen molar-refractivity contribution < 1.29 is 4.79 Å². The van der Waals surface area contributed by atoms with Crippen LogP contribution in [-0.4, -0.2) is 30.4 Å². The molecule has 0 unspecified atom stereocenters. The summed E-state index contributed by atoms with van der Waals surface area (Å²) in [5.74, 6) is -0.163. The van der Waals surface area contributed by atoms with E-state index >= 15 is 0 Å². The van der Waals surface area contributed by atoms with Crippen molar-refractivity contribution in [1.82, 2.24) is 4.90 Å². The maximum Gasteiger partial charge on any atom is 0.217 e. The van der Waals surface area contributed by atoms with Gasteiger partial charge in [-0.2, -0.15) is 0 Å². The van der Waals surface area contributed by atoms with E-state index in [1.54, 1.807) is 0 Å². The number of unbranched alkanes of at least 4 members (excludes halogenated alkanes) is 13. The molecule has 0 bridgehead atoms. The smallest absolute Gasteiger partial charge is 0.217 e. The van der Waals surface area contributed by atoms with Crippen molar-refractivity contribution in [3.05, 3.63) is 12.2 Å². The first-order chi connectivity index (χ1) is 13.2. The maximum absolute atomic E-state index is 10.6. The molecule has 2 N–H and O–H groups in total. The molecule has 0 radical (unpaired) electrons. The second-order valence-electron chi connectivity index (χ2n) is 7.89. The molecule has 0 aromatic rings. The highest BCUT2D eigenvalue weighted by molar-refractivity contribution is 5.85.